The molecular formula is C23H42N2O5. The Hall–Kier alpha value is -1.79. The fraction of sp³-hybridized carbons (Fsp3) is 0.870. The summed E-state index contributed by atoms with van der Waals surface area (Å²) in [5.74, 6) is 0.0143. The molecule has 0 saturated heterocycles. The van der Waals surface area contributed by atoms with E-state index >= 15 is 0 Å². The second-order valence-corrected chi connectivity index (χ2v) is 9.32. The van der Waals surface area contributed by atoms with E-state index in [4.69, 9.17) is 9.47 Å². The number of ether oxygens (including phenoxy) is 2. The molecule has 1 aliphatic rings. The van der Waals surface area contributed by atoms with Crippen LogP contribution in [0.15, 0.2) is 0 Å². The van der Waals surface area contributed by atoms with Crippen molar-refractivity contribution in [3.63, 3.8) is 0 Å². The maximum absolute atomic E-state index is 13.2. The molecule has 0 aromatic carbocycles. The number of hydrogen-bond donors (Lipinski definition) is 1. The third kappa shape index (κ3) is 10.8. The number of rotatable bonds is 11. The monoisotopic (exact) mass is 426 g/mol. The highest BCUT2D eigenvalue weighted by Crippen LogP contribution is 2.27. The number of amides is 2. The molecule has 0 heterocycles. The van der Waals surface area contributed by atoms with Crippen LogP contribution >= 0.6 is 0 Å². The Morgan fingerprint density at radius 3 is 2.33 bits per heavy atom. The number of methoxy groups -OCH3 is 1. The first kappa shape index (κ1) is 26.2. The van der Waals surface area contributed by atoms with Gasteiger partial charge in [-0.2, -0.15) is 0 Å². The van der Waals surface area contributed by atoms with Crippen LogP contribution in [0.4, 0.5) is 4.79 Å². The van der Waals surface area contributed by atoms with Crippen LogP contribution in [0.2, 0.25) is 0 Å². The van der Waals surface area contributed by atoms with E-state index in [1.807, 2.05) is 6.92 Å². The van der Waals surface area contributed by atoms with Crippen molar-refractivity contribution in [2.24, 2.45) is 5.92 Å². The van der Waals surface area contributed by atoms with Crippen LogP contribution in [0.1, 0.15) is 91.9 Å². The number of hydrogen-bond acceptors (Lipinski definition) is 5. The molecule has 174 valence electrons. The van der Waals surface area contributed by atoms with Crippen LogP contribution < -0.4 is 5.32 Å². The van der Waals surface area contributed by atoms with Crippen LogP contribution in [0.25, 0.3) is 0 Å². The Balaban J connectivity index is 2.77. The summed E-state index contributed by atoms with van der Waals surface area (Å²) in [5.41, 5.74) is -0.645. The van der Waals surface area contributed by atoms with Gasteiger partial charge in [0.05, 0.1) is 7.11 Å². The molecule has 0 bridgehead atoms. The number of esters is 1. The molecular weight excluding hydrogens is 384 g/mol. The predicted octanol–water partition coefficient (Wildman–Crippen LogP) is 4.43. The largest absolute Gasteiger partial charge is 0.468 e. The molecule has 7 nitrogen and oxygen atoms in total. The van der Waals surface area contributed by atoms with Crippen molar-refractivity contribution < 1.29 is 23.9 Å². The number of nitrogens with zero attached hydrogens (tertiary/aromatic N) is 1. The van der Waals surface area contributed by atoms with Crippen molar-refractivity contribution in [2.75, 3.05) is 20.2 Å². The van der Waals surface area contributed by atoms with Gasteiger partial charge in [0.15, 0.2) is 0 Å². The average molecular weight is 427 g/mol. The number of carbonyl (C=O) groups excluding carboxylic acids is 3. The summed E-state index contributed by atoms with van der Waals surface area (Å²) in [6.45, 7) is 7.77. The number of unbranched alkanes of at least 4 members (excludes halogenated alkanes) is 1. The lowest BCUT2D eigenvalue weighted by molar-refractivity contribution is -0.147. The molecule has 1 aliphatic carbocycles. The van der Waals surface area contributed by atoms with Crippen molar-refractivity contribution in [3.05, 3.63) is 0 Å². The normalized spacial score (nSPS) is 15.9. The van der Waals surface area contributed by atoms with E-state index in [-0.39, 0.29) is 12.5 Å². The zero-order valence-corrected chi connectivity index (χ0v) is 19.6. The molecule has 0 spiro atoms. The lowest BCUT2D eigenvalue weighted by Crippen LogP contribution is -2.51. The van der Waals surface area contributed by atoms with Gasteiger partial charge >= 0.3 is 12.1 Å². The van der Waals surface area contributed by atoms with Gasteiger partial charge in [-0.05, 0) is 46.0 Å². The third-order valence-electron chi connectivity index (χ3n) is 5.46. The van der Waals surface area contributed by atoms with Crippen molar-refractivity contribution in [1.29, 1.82) is 0 Å². The Bertz CT molecular complexity index is 538. The summed E-state index contributed by atoms with van der Waals surface area (Å²) in [4.78, 5) is 38.9. The van der Waals surface area contributed by atoms with Gasteiger partial charge in [-0.25, -0.2) is 4.79 Å². The first-order valence-corrected chi connectivity index (χ1v) is 11.5. The van der Waals surface area contributed by atoms with E-state index in [9.17, 15) is 14.4 Å². The van der Waals surface area contributed by atoms with Crippen molar-refractivity contribution in [1.82, 2.24) is 10.2 Å². The number of nitrogens with one attached hydrogen (secondary N) is 1. The molecule has 0 aromatic rings. The lowest BCUT2D eigenvalue weighted by atomic mass is 9.86. The highest BCUT2D eigenvalue weighted by atomic mass is 16.6. The Labute approximate surface area is 182 Å². The summed E-state index contributed by atoms with van der Waals surface area (Å²) in [7, 11) is 1.32. The molecule has 2 amide bonds. The molecule has 0 aromatic heterocycles. The zero-order valence-electron chi connectivity index (χ0n) is 19.6. The second-order valence-electron chi connectivity index (χ2n) is 9.32. The van der Waals surface area contributed by atoms with Gasteiger partial charge in [-0.3, -0.25) is 9.59 Å². The molecule has 1 unspecified atom stereocenters. The van der Waals surface area contributed by atoms with E-state index in [1.54, 1.807) is 20.8 Å². The first-order chi connectivity index (χ1) is 14.2. The summed E-state index contributed by atoms with van der Waals surface area (Å²) >= 11 is 0. The Morgan fingerprint density at radius 2 is 1.77 bits per heavy atom. The van der Waals surface area contributed by atoms with Gasteiger partial charge in [0, 0.05) is 6.54 Å². The topological polar surface area (TPSA) is 84.9 Å². The Morgan fingerprint density at radius 1 is 1.10 bits per heavy atom. The second kappa shape index (κ2) is 13.5. The molecule has 1 fully saturated rings. The summed E-state index contributed by atoms with van der Waals surface area (Å²) in [5, 5.41) is 2.72. The minimum absolute atomic E-state index is 0.0986. The van der Waals surface area contributed by atoms with Crippen molar-refractivity contribution >= 4 is 18.0 Å². The lowest BCUT2D eigenvalue weighted by Gasteiger charge is -2.29. The van der Waals surface area contributed by atoms with E-state index in [1.165, 1.54) is 44.1 Å². The summed E-state index contributed by atoms with van der Waals surface area (Å²) in [6.07, 6.45) is 9.89. The third-order valence-corrected chi connectivity index (χ3v) is 5.46. The number of carbonyl (C=O) groups is 3. The molecule has 1 saturated carbocycles. The van der Waals surface area contributed by atoms with Gasteiger partial charge in [-0.1, -0.05) is 51.9 Å². The minimum Gasteiger partial charge on any atom is -0.468 e. The van der Waals surface area contributed by atoms with Crippen LogP contribution in [0.5, 0.6) is 0 Å². The molecule has 30 heavy (non-hydrogen) atoms. The van der Waals surface area contributed by atoms with Gasteiger partial charge in [0.25, 0.3) is 0 Å². The highest BCUT2D eigenvalue weighted by molar-refractivity contribution is 5.88. The zero-order chi connectivity index (χ0) is 22.6. The molecule has 0 radical (unpaired) electrons. The van der Waals surface area contributed by atoms with Gasteiger partial charge in [0.2, 0.25) is 5.91 Å². The van der Waals surface area contributed by atoms with Crippen molar-refractivity contribution in [2.45, 2.75) is 104 Å². The van der Waals surface area contributed by atoms with Crippen LogP contribution in [-0.4, -0.2) is 54.7 Å². The quantitative estimate of drug-likeness (QED) is 0.494. The van der Waals surface area contributed by atoms with Gasteiger partial charge in [0.1, 0.15) is 18.2 Å². The minimum atomic E-state index is -0.709. The van der Waals surface area contributed by atoms with Crippen LogP contribution in [-0.2, 0) is 19.1 Å². The average Bonchev–Trinajstić information content (AvgIpc) is 2.69. The molecule has 1 rings (SSSR count). The molecule has 1 atom stereocenters. The van der Waals surface area contributed by atoms with Gasteiger partial charge < -0.3 is 19.7 Å². The molecule has 1 N–H and O–H groups in total. The van der Waals surface area contributed by atoms with Gasteiger partial charge in [-0.15, -0.1) is 0 Å². The SMILES string of the molecule is CCCCC(NC(=O)OC(C)(C)C)C(=O)N(CCCC1CCCCC1)CC(=O)OC. The van der Waals surface area contributed by atoms with Crippen molar-refractivity contribution in [3.8, 4) is 0 Å². The van der Waals surface area contributed by atoms with E-state index in [0.717, 1.165) is 25.7 Å². The molecule has 0 aliphatic heterocycles. The summed E-state index contributed by atoms with van der Waals surface area (Å²) < 4.78 is 10.1. The fourth-order valence-electron chi connectivity index (χ4n) is 3.87. The first-order valence-electron chi connectivity index (χ1n) is 11.5. The Kier molecular flexibility index (Phi) is 11.8. The van der Waals surface area contributed by atoms with E-state index < -0.39 is 23.7 Å². The molecule has 7 heteroatoms. The standard InChI is InChI=1S/C23H42N2O5/c1-6-7-15-19(24-22(28)30-23(2,3)4)21(27)25(17-20(26)29-5)16-11-14-18-12-9-8-10-13-18/h18-19H,6-17H2,1-5H3,(H,24,28). The van der Waals surface area contributed by atoms with Crippen LogP contribution in [0.3, 0.4) is 0 Å². The fourth-order valence-corrected chi connectivity index (χ4v) is 3.87. The number of alkyl carbamates (subject to hydrolysis) is 1. The van der Waals surface area contributed by atoms with E-state index in [2.05, 4.69) is 5.32 Å². The van der Waals surface area contributed by atoms with E-state index in [0.29, 0.717) is 18.9 Å². The predicted molar refractivity (Wildman–Crippen MR) is 117 cm³/mol. The maximum atomic E-state index is 13.2. The highest BCUT2D eigenvalue weighted by Gasteiger charge is 2.29. The van der Waals surface area contributed by atoms with Crippen LogP contribution in [0, 0.1) is 5.92 Å². The maximum Gasteiger partial charge on any atom is 0.408 e. The summed E-state index contributed by atoms with van der Waals surface area (Å²) in [6, 6.07) is -0.709. The smallest absolute Gasteiger partial charge is 0.408 e.